The van der Waals surface area contributed by atoms with E-state index in [1.165, 1.54) is 13.2 Å². The highest BCUT2D eigenvalue weighted by atomic mass is 19.4. The number of nitrogens with zero attached hydrogens (tertiary/aromatic N) is 1. The number of aromatic nitrogens is 2. The molecule has 7 nitrogen and oxygen atoms in total. The molecule has 1 amide bonds. The van der Waals surface area contributed by atoms with E-state index in [4.69, 9.17) is 4.74 Å². The third kappa shape index (κ3) is 5.78. The largest absolute Gasteiger partial charge is 0.573 e. The monoisotopic (exact) mass is 403 g/mol. The van der Waals surface area contributed by atoms with Crippen LogP contribution in [0.1, 0.15) is 41.3 Å². The van der Waals surface area contributed by atoms with Crippen molar-refractivity contribution in [1.82, 2.24) is 15.3 Å². The first kappa shape index (κ1) is 21.4. The summed E-state index contributed by atoms with van der Waals surface area (Å²) in [5.74, 6) is -2.75. The third-order valence-electron chi connectivity index (χ3n) is 3.60. The Kier molecular flexibility index (Phi) is 6.73. The van der Waals surface area contributed by atoms with E-state index in [0.717, 1.165) is 18.2 Å². The van der Waals surface area contributed by atoms with Gasteiger partial charge in [0.2, 0.25) is 0 Å². The van der Waals surface area contributed by atoms with Gasteiger partial charge < -0.3 is 19.8 Å². The Morgan fingerprint density at radius 3 is 2.61 bits per heavy atom. The number of ether oxygens (including phenoxy) is 2. The van der Waals surface area contributed by atoms with Crippen molar-refractivity contribution in [2.75, 3.05) is 7.11 Å². The van der Waals surface area contributed by atoms with Gasteiger partial charge in [-0.25, -0.2) is 9.37 Å². The first-order valence-electron chi connectivity index (χ1n) is 8.08. The van der Waals surface area contributed by atoms with Crippen LogP contribution in [0.2, 0.25) is 0 Å². The van der Waals surface area contributed by atoms with E-state index in [9.17, 15) is 27.2 Å². The van der Waals surface area contributed by atoms with Gasteiger partial charge in [0.15, 0.2) is 11.6 Å². The number of methoxy groups -OCH3 is 1. The van der Waals surface area contributed by atoms with Gasteiger partial charge in [-0.2, -0.15) is 0 Å². The van der Waals surface area contributed by atoms with Crippen LogP contribution in [0.5, 0.6) is 5.75 Å². The number of rotatable bonds is 7. The number of amides is 1. The molecule has 2 N–H and O–H groups in total. The molecule has 0 aliphatic heterocycles. The number of aromatic amines is 1. The molecule has 2 aromatic rings. The molecule has 1 heterocycles. The van der Waals surface area contributed by atoms with Gasteiger partial charge in [-0.1, -0.05) is 13.0 Å². The van der Waals surface area contributed by atoms with Gasteiger partial charge in [0.05, 0.1) is 6.04 Å². The summed E-state index contributed by atoms with van der Waals surface area (Å²) in [5.41, 5.74) is -0.503. The van der Waals surface area contributed by atoms with Crippen molar-refractivity contribution in [3.05, 3.63) is 57.5 Å². The third-order valence-corrected chi connectivity index (χ3v) is 3.60. The zero-order valence-electron chi connectivity index (χ0n) is 14.9. The van der Waals surface area contributed by atoms with E-state index in [0.29, 0.717) is 6.42 Å². The van der Waals surface area contributed by atoms with E-state index < -0.39 is 35.4 Å². The predicted octanol–water partition coefficient (Wildman–Crippen LogP) is 2.84. The molecular weight excluding hydrogens is 386 g/mol. The summed E-state index contributed by atoms with van der Waals surface area (Å²) < 4.78 is 59.1. The maximum atomic E-state index is 13.9. The van der Waals surface area contributed by atoms with Crippen LogP contribution >= 0.6 is 0 Å². The fourth-order valence-electron chi connectivity index (χ4n) is 2.42. The average molecular weight is 403 g/mol. The van der Waals surface area contributed by atoms with Gasteiger partial charge in [0, 0.05) is 13.2 Å². The smallest absolute Gasteiger partial charge is 0.403 e. The van der Waals surface area contributed by atoms with Crippen LogP contribution in [0, 0.1) is 5.82 Å². The number of hydrogen-bond acceptors (Lipinski definition) is 5. The zero-order chi connectivity index (χ0) is 20.9. The SMILES string of the molecule is CC[C@@H](NC(=O)c1cc(=O)[nH]c(COC)n1)c1ccc(OC(F)(F)F)c(F)c1. The van der Waals surface area contributed by atoms with Crippen molar-refractivity contribution in [2.24, 2.45) is 0 Å². The summed E-state index contributed by atoms with van der Waals surface area (Å²) in [6.45, 7) is 1.67. The van der Waals surface area contributed by atoms with E-state index in [1.807, 2.05) is 0 Å². The van der Waals surface area contributed by atoms with Crippen molar-refractivity contribution in [3.8, 4) is 5.75 Å². The average Bonchev–Trinajstić information content (AvgIpc) is 2.60. The van der Waals surface area contributed by atoms with Crippen LogP contribution in [0.3, 0.4) is 0 Å². The van der Waals surface area contributed by atoms with Crippen LogP contribution in [0.25, 0.3) is 0 Å². The van der Waals surface area contributed by atoms with Gasteiger partial charge in [-0.3, -0.25) is 9.59 Å². The minimum absolute atomic E-state index is 0.0144. The molecule has 0 aliphatic carbocycles. The van der Waals surface area contributed by atoms with Crippen molar-refractivity contribution in [2.45, 2.75) is 32.4 Å². The first-order valence-corrected chi connectivity index (χ1v) is 8.08. The normalized spacial score (nSPS) is 12.5. The van der Waals surface area contributed by atoms with Crippen molar-refractivity contribution < 1.29 is 31.8 Å². The molecule has 0 bridgehead atoms. The fourth-order valence-corrected chi connectivity index (χ4v) is 2.42. The summed E-state index contributed by atoms with van der Waals surface area (Å²) in [6.07, 6.45) is -4.72. The molecule has 1 aromatic heterocycles. The van der Waals surface area contributed by atoms with E-state index in [1.54, 1.807) is 6.92 Å². The number of carbonyl (C=O) groups is 1. The summed E-state index contributed by atoms with van der Waals surface area (Å²) >= 11 is 0. The lowest BCUT2D eigenvalue weighted by molar-refractivity contribution is -0.275. The molecule has 0 aliphatic rings. The second-order valence-electron chi connectivity index (χ2n) is 5.68. The molecule has 1 aromatic carbocycles. The minimum Gasteiger partial charge on any atom is -0.403 e. The molecule has 2 rings (SSSR count). The highest BCUT2D eigenvalue weighted by Gasteiger charge is 2.32. The van der Waals surface area contributed by atoms with Gasteiger partial charge in [0.1, 0.15) is 18.1 Å². The van der Waals surface area contributed by atoms with E-state index in [2.05, 4.69) is 20.0 Å². The molecule has 0 spiro atoms. The first-order chi connectivity index (χ1) is 13.1. The Hall–Kier alpha value is -2.95. The quantitative estimate of drug-likeness (QED) is 0.694. The minimum atomic E-state index is -5.02. The molecule has 0 saturated heterocycles. The number of nitrogens with one attached hydrogen (secondary N) is 2. The van der Waals surface area contributed by atoms with Crippen molar-refractivity contribution in [3.63, 3.8) is 0 Å². The topological polar surface area (TPSA) is 93.3 Å². The molecule has 1 atom stereocenters. The maximum absolute atomic E-state index is 13.9. The fraction of sp³-hybridized carbons (Fsp3) is 0.353. The number of benzene rings is 1. The molecule has 0 saturated carbocycles. The van der Waals surface area contributed by atoms with Crippen LogP contribution in [-0.2, 0) is 11.3 Å². The van der Waals surface area contributed by atoms with Crippen molar-refractivity contribution in [1.29, 1.82) is 0 Å². The standard InChI is InChI=1S/C17H17F4N3O4/c1-3-11(9-4-5-13(10(18)6-9)28-17(19,20)21)23-16(26)12-7-15(25)24-14(22-12)8-27-2/h4-7,11H,3,8H2,1-2H3,(H,23,26)(H,22,24,25)/t11-/m1/s1. The molecule has 152 valence electrons. The Morgan fingerprint density at radius 2 is 2.04 bits per heavy atom. The summed E-state index contributed by atoms with van der Waals surface area (Å²) in [5, 5.41) is 2.57. The highest BCUT2D eigenvalue weighted by Crippen LogP contribution is 2.28. The van der Waals surface area contributed by atoms with E-state index in [-0.39, 0.29) is 23.7 Å². The lowest BCUT2D eigenvalue weighted by Gasteiger charge is -2.18. The molecule has 11 heteroatoms. The Morgan fingerprint density at radius 1 is 1.32 bits per heavy atom. The highest BCUT2D eigenvalue weighted by molar-refractivity contribution is 5.92. The number of alkyl halides is 3. The predicted molar refractivity (Wildman–Crippen MR) is 89.2 cm³/mol. The summed E-state index contributed by atoms with van der Waals surface area (Å²) in [7, 11) is 1.39. The molecule has 0 radical (unpaired) electrons. The lowest BCUT2D eigenvalue weighted by atomic mass is 10.0. The maximum Gasteiger partial charge on any atom is 0.573 e. The van der Waals surface area contributed by atoms with Gasteiger partial charge in [0.25, 0.3) is 11.5 Å². The Bertz CT molecular complexity index is 899. The molecule has 0 fully saturated rings. The van der Waals surface area contributed by atoms with Crippen LogP contribution in [0.15, 0.2) is 29.1 Å². The zero-order valence-corrected chi connectivity index (χ0v) is 14.9. The number of carbonyl (C=O) groups excluding carboxylic acids is 1. The van der Waals surface area contributed by atoms with Gasteiger partial charge in [-0.05, 0) is 24.1 Å². The van der Waals surface area contributed by atoms with Gasteiger partial charge >= 0.3 is 6.36 Å². The second kappa shape index (κ2) is 8.83. The molecular formula is C17H17F4N3O4. The Labute approximate surface area is 156 Å². The number of hydrogen-bond donors (Lipinski definition) is 2. The van der Waals surface area contributed by atoms with Crippen LogP contribution < -0.4 is 15.6 Å². The summed E-state index contributed by atoms with van der Waals surface area (Å²) in [4.78, 5) is 30.4. The van der Waals surface area contributed by atoms with Crippen LogP contribution in [0.4, 0.5) is 17.6 Å². The van der Waals surface area contributed by atoms with Crippen LogP contribution in [-0.4, -0.2) is 29.3 Å². The molecule has 28 heavy (non-hydrogen) atoms. The van der Waals surface area contributed by atoms with E-state index >= 15 is 0 Å². The molecule has 0 unspecified atom stereocenters. The Balaban J connectivity index is 2.21. The summed E-state index contributed by atoms with van der Waals surface area (Å²) in [6, 6.07) is 3.14. The van der Waals surface area contributed by atoms with Crippen molar-refractivity contribution >= 4 is 5.91 Å². The lowest BCUT2D eigenvalue weighted by Crippen LogP contribution is -2.30. The number of H-pyrrole nitrogens is 1. The number of halogens is 4. The second-order valence-corrected chi connectivity index (χ2v) is 5.68. The van der Waals surface area contributed by atoms with Gasteiger partial charge in [-0.15, -0.1) is 13.2 Å².